The molecule has 0 saturated heterocycles. The van der Waals surface area contributed by atoms with E-state index in [4.69, 9.17) is 0 Å². The maximum Gasteiger partial charge on any atom is 0.265 e. The summed E-state index contributed by atoms with van der Waals surface area (Å²) in [5.41, 5.74) is 3.73. The van der Waals surface area contributed by atoms with Crippen LogP contribution in [-0.4, -0.2) is 20.9 Å². The Balaban J connectivity index is 1.73. The molecule has 0 fully saturated rings. The molecule has 1 heterocycles. The van der Waals surface area contributed by atoms with Gasteiger partial charge in [0.1, 0.15) is 6.54 Å². The van der Waals surface area contributed by atoms with Gasteiger partial charge in [-0.1, -0.05) is 47.1 Å². The first-order valence-corrected chi connectivity index (χ1v) is 11.4. The van der Waals surface area contributed by atoms with Crippen LogP contribution in [0.4, 0.5) is 11.4 Å². The predicted molar refractivity (Wildman–Crippen MR) is 119 cm³/mol. The first-order valence-electron chi connectivity index (χ1n) is 9.20. The zero-order chi connectivity index (χ0) is 20.6. The van der Waals surface area contributed by atoms with Crippen LogP contribution in [0.5, 0.6) is 0 Å². The van der Waals surface area contributed by atoms with Gasteiger partial charge in [0.05, 0.1) is 10.6 Å². The van der Waals surface area contributed by atoms with E-state index in [1.54, 1.807) is 30.3 Å². The van der Waals surface area contributed by atoms with E-state index in [-0.39, 0.29) is 11.4 Å². The minimum absolute atomic E-state index is 0.220. The van der Waals surface area contributed by atoms with Gasteiger partial charge in [0.15, 0.2) is 0 Å². The Bertz CT molecular complexity index is 1190. The Morgan fingerprint density at radius 1 is 1.00 bits per heavy atom. The molecule has 148 valence electrons. The molecule has 0 atom stereocenters. The highest BCUT2D eigenvalue weighted by Crippen LogP contribution is 2.43. The van der Waals surface area contributed by atoms with Gasteiger partial charge in [0, 0.05) is 21.3 Å². The number of hydrogen-bond donors (Lipinski definition) is 1. The van der Waals surface area contributed by atoms with Crippen molar-refractivity contribution in [2.24, 2.45) is 0 Å². The molecule has 0 saturated carbocycles. The molecule has 1 aliphatic heterocycles. The van der Waals surface area contributed by atoms with E-state index in [1.807, 2.05) is 36.4 Å². The Labute approximate surface area is 178 Å². The van der Waals surface area contributed by atoms with Crippen molar-refractivity contribution < 1.29 is 13.2 Å². The number of rotatable bonds is 4. The number of benzene rings is 3. The van der Waals surface area contributed by atoms with Crippen molar-refractivity contribution in [3.05, 3.63) is 76.8 Å². The molecule has 0 aromatic heterocycles. The minimum Gasteiger partial charge on any atom is -0.325 e. The van der Waals surface area contributed by atoms with Crippen LogP contribution in [0.15, 0.2) is 76.1 Å². The summed E-state index contributed by atoms with van der Waals surface area (Å²) in [5.74, 6) is -0.402. The molecule has 1 aliphatic rings. The number of sulfonamides is 1. The number of amides is 1. The summed E-state index contributed by atoms with van der Waals surface area (Å²) in [5, 5.41) is 2.77. The van der Waals surface area contributed by atoms with Crippen molar-refractivity contribution in [1.82, 2.24) is 0 Å². The number of nitrogens with one attached hydrogen (secondary N) is 1. The largest absolute Gasteiger partial charge is 0.325 e. The average molecular weight is 471 g/mol. The number of hydrogen-bond acceptors (Lipinski definition) is 3. The molecule has 0 radical (unpaired) electrons. The van der Waals surface area contributed by atoms with E-state index in [2.05, 4.69) is 28.2 Å². The lowest BCUT2D eigenvalue weighted by Gasteiger charge is -2.32. The number of anilines is 2. The van der Waals surface area contributed by atoms with Crippen LogP contribution in [0.25, 0.3) is 11.1 Å². The highest BCUT2D eigenvalue weighted by molar-refractivity contribution is 9.10. The van der Waals surface area contributed by atoms with Gasteiger partial charge >= 0.3 is 0 Å². The fraction of sp³-hybridized carbons (Fsp3) is 0.136. The highest BCUT2D eigenvalue weighted by atomic mass is 79.9. The van der Waals surface area contributed by atoms with E-state index in [1.165, 1.54) is 4.31 Å². The molecular weight excluding hydrogens is 452 g/mol. The van der Waals surface area contributed by atoms with Gasteiger partial charge in [-0.15, -0.1) is 0 Å². The Hall–Kier alpha value is -2.64. The maximum absolute atomic E-state index is 13.3. The number of nitrogens with zero attached hydrogens (tertiary/aromatic N) is 1. The molecule has 0 bridgehead atoms. The van der Waals surface area contributed by atoms with Crippen molar-refractivity contribution >= 4 is 43.2 Å². The monoisotopic (exact) mass is 470 g/mol. The lowest BCUT2D eigenvalue weighted by Crippen LogP contribution is -2.40. The van der Waals surface area contributed by atoms with Crippen LogP contribution < -0.4 is 9.62 Å². The first-order chi connectivity index (χ1) is 13.9. The van der Waals surface area contributed by atoms with Gasteiger partial charge < -0.3 is 5.32 Å². The third-order valence-corrected chi connectivity index (χ3v) is 7.24. The highest BCUT2D eigenvalue weighted by Gasteiger charge is 2.35. The molecule has 5 nitrogen and oxygen atoms in total. The molecule has 0 aliphatic carbocycles. The second-order valence-electron chi connectivity index (χ2n) is 6.77. The fourth-order valence-corrected chi connectivity index (χ4v) is 5.35. The second kappa shape index (κ2) is 7.65. The molecular formula is C22H19BrN2O3S. The summed E-state index contributed by atoms with van der Waals surface area (Å²) in [6, 6.07) is 19.7. The van der Waals surface area contributed by atoms with Gasteiger partial charge in [-0.05, 0) is 54.4 Å². The van der Waals surface area contributed by atoms with Gasteiger partial charge in [-0.2, -0.15) is 0 Å². The third-order valence-electron chi connectivity index (χ3n) is 4.90. The van der Waals surface area contributed by atoms with Crippen molar-refractivity contribution in [2.75, 3.05) is 16.2 Å². The number of aryl methyl sites for hydroxylation is 1. The average Bonchev–Trinajstić information content (AvgIpc) is 2.72. The van der Waals surface area contributed by atoms with Crippen LogP contribution in [-0.2, 0) is 21.2 Å². The summed E-state index contributed by atoms with van der Waals surface area (Å²) >= 11 is 3.35. The van der Waals surface area contributed by atoms with Crippen molar-refractivity contribution in [3.8, 4) is 11.1 Å². The zero-order valence-electron chi connectivity index (χ0n) is 15.7. The lowest BCUT2D eigenvalue weighted by molar-refractivity contribution is -0.114. The molecule has 0 unspecified atom stereocenters. The van der Waals surface area contributed by atoms with E-state index in [0.717, 1.165) is 22.0 Å². The lowest BCUT2D eigenvalue weighted by atomic mass is 9.99. The van der Waals surface area contributed by atoms with E-state index in [0.29, 0.717) is 16.9 Å². The van der Waals surface area contributed by atoms with Crippen molar-refractivity contribution in [2.45, 2.75) is 18.2 Å². The number of carbonyl (C=O) groups excluding carboxylic acids is 1. The van der Waals surface area contributed by atoms with Gasteiger partial charge in [-0.25, -0.2) is 8.42 Å². The van der Waals surface area contributed by atoms with Crippen LogP contribution >= 0.6 is 15.9 Å². The second-order valence-corrected chi connectivity index (χ2v) is 9.51. The Kier molecular flexibility index (Phi) is 5.19. The molecule has 3 aromatic rings. The Morgan fingerprint density at radius 2 is 1.72 bits per heavy atom. The smallest absolute Gasteiger partial charge is 0.265 e. The molecule has 0 spiro atoms. The van der Waals surface area contributed by atoms with Crippen molar-refractivity contribution in [1.29, 1.82) is 0 Å². The van der Waals surface area contributed by atoms with Crippen LogP contribution in [0.1, 0.15) is 12.5 Å². The van der Waals surface area contributed by atoms with Gasteiger partial charge in [0.2, 0.25) is 5.91 Å². The standard InChI is InChI=1S/C22H19BrN2O3S/c1-2-15-7-12-20-19(13-15)18-5-3-4-6-21(18)29(27,28)25(20)14-22(26)24-17-10-8-16(23)9-11-17/h3-13H,2,14H2,1H3,(H,24,26). The van der Waals surface area contributed by atoms with E-state index >= 15 is 0 Å². The van der Waals surface area contributed by atoms with Gasteiger partial charge in [0.25, 0.3) is 10.0 Å². The van der Waals surface area contributed by atoms with Crippen molar-refractivity contribution in [3.63, 3.8) is 0 Å². The van der Waals surface area contributed by atoms with Gasteiger partial charge in [-0.3, -0.25) is 9.10 Å². The molecule has 3 aromatic carbocycles. The Morgan fingerprint density at radius 3 is 2.45 bits per heavy atom. The van der Waals surface area contributed by atoms with Crippen LogP contribution in [0.2, 0.25) is 0 Å². The first kappa shape index (κ1) is 19.7. The number of carbonyl (C=O) groups is 1. The molecule has 7 heteroatoms. The number of fused-ring (bicyclic) bond motifs is 3. The summed E-state index contributed by atoms with van der Waals surface area (Å²) in [4.78, 5) is 12.9. The molecule has 1 N–H and O–H groups in total. The molecule has 1 amide bonds. The topological polar surface area (TPSA) is 66.5 Å². The minimum atomic E-state index is -3.84. The third kappa shape index (κ3) is 3.68. The fourth-order valence-electron chi connectivity index (χ4n) is 3.43. The van der Waals surface area contributed by atoms with Crippen LogP contribution in [0.3, 0.4) is 0 Å². The van der Waals surface area contributed by atoms with Crippen LogP contribution in [0, 0.1) is 0 Å². The summed E-state index contributed by atoms with van der Waals surface area (Å²) in [6.45, 7) is 1.75. The summed E-state index contributed by atoms with van der Waals surface area (Å²) in [7, 11) is -3.84. The normalized spacial score (nSPS) is 14.1. The number of halogens is 1. The quantitative estimate of drug-likeness (QED) is 0.593. The predicted octanol–water partition coefficient (Wildman–Crippen LogP) is 4.83. The maximum atomic E-state index is 13.3. The van der Waals surface area contributed by atoms with E-state index < -0.39 is 15.9 Å². The summed E-state index contributed by atoms with van der Waals surface area (Å²) < 4.78 is 28.7. The van der Waals surface area contributed by atoms with E-state index in [9.17, 15) is 13.2 Å². The SMILES string of the molecule is CCc1ccc2c(c1)-c1ccccc1S(=O)(=O)N2CC(=O)Nc1ccc(Br)cc1. The zero-order valence-corrected chi connectivity index (χ0v) is 18.1. The molecule has 4 rings (SSSR count). The summed E-state index contributed by atoms with van der Waals surface area (Å²) in [6.07, 6.45) is 0.840. The molecule has 29 heavy (non-hydrogen) atoms.